The topological polar surface area (TPSA) is 37.4 Å². The third kappa shape index (κ3) is 3.48. The van der Waals surface area contributed by atoms with Gasteiger partial charge < -0.3 is 0 Å². The standard InChI is InChI=1S/C8H17NO2S2/c10-13(11,8-4-7-12)9-5-2-1-3-6-9/h12H,1-8H2. The molecule has 0 atom stereocenters. The molecule has 0 aromatic heterocycles. The van der Waals surface area contributed by atoms with Crippen LogP contribution in [0.3, 0.4) is 0 Å². The van der Waals surface area contributed by atoms with Crippen molar-refractivity contribution in [2.24, 2.45) is 0 Å². The van der Waals surface area contributed by atoms with Gasteiger partial charge in [0.1, 0.15) is 0 Å². The average molecular weight is 223 g/mol. The normalized spacial score (nSPS) is 20.4. The molecular weight excluding hydrogens is 206 g/mol. The lowest BCUT2D eigenvalue weighted by Crippen LogP contribution is -2.37. The molecule has 0 saturated carbocycles. The van der Waals surface area contributed by atoms with Gasteiger partial charge in [-0.05, 0) is 25.0 Å². The molecule has 0 radical (unpaired) electrons. The summed E-state index contributed by atoms with van der Waals surface area (Å²) in [7, 11) is -2.96. The van der Waals surface area contributed by atoms with E-state index >= 15 is 0 Å². The lowest BCUT2D eigenvalue weighted by atomic mass is 10.2. The Bertz CT molecular complexity index is 233. The number of rotatable bonds is 4. The fourth-order valence-corrected chi connectivity index (χ4v) is 3.47. The number of piperidine rings is 1. The second-order valence-corrected chi connectivity index (χ2v) is 5.89. The summed E-state index contributed by atoms with van der Waals surface area (Å²) in [6.07, 6.45) is 3.85. The van der Waals surface area contributed by atoms with Crippen LogP contribution >= 0.6 is 12.6 Å². The zero-order chi connectivity index (χ0) is 9.73. The highest BCUT2D eigenvalue weighted by atomic mass is 32.2. The van der Waals surface area contributed by atoms with Gasteiger partial charge in [-0.3, -0.25) is 0 Å². The Morgan fingerprint density at radius 2 is 1.77 bits per heavy atom. The van der Waals surface area contributed by atoms with Crippen LogP contribution < -0.4 is 0 Å². The highest BCUT2D eigenvalue weighted by molar-refractivity contribution is 7.89. The van der Waals surface area contributed by atoms with Crippen molar-refractivity contribution >= 4 is 22.7 Å². The minimum absolute atomic E-state index is 0.260. The molecule has 1 aliphatic heterocycles. The minimum Gasteiger partial charge on any atom is -0.212 e. The highest BCUT2D eigenvalue weighted by Gasteiger charge is 2.22. The zero-order valence-corrected chi connectivity index (χ0v) is 9.49. The minimum atomic E-state index is -2.96. The largest absolute Gasteiger partial charge is 0.214 e. The third-order valence-corrected chi connectivity index (χ3v) is 4.54. The monoisotopic (exact) mass is 223 g/mol. The first-order valence-corrected chi connectivity index (χ1v) is 6.99. The predicted molar refractivity (Wildman–Crippen MR) is 57.7 cm³/mol. The van der Waals surface area contributed by atoms with Crippen molar-refractivity contribution in [3.05, 3.63) is 0 Å². The van der Waals surface area contributed by atoms with Crippen LogP contribution in [-0.2, 0) is 10.0 Å². The van der Waals surface area contributed by atoms with E-state index in [0.29, 0.717) is 12.2 Å². The lowest BCUT2D eigenvalue weighted by Gasteiger charge is -2.25. The van der Waals surface area contributed by atoms with Crippen LogP contribution in [0, 0.1) is 0 Å². The van der Waals surface area contributed by atoms with E-state index in [0.717, 1.165) is 25.9 Å². The molecule has 0 unspecified atom stereocenters. The van der Waals surface area contributed by atoms with Crippen LogP contribution in [0.25, 0.3) is 0 Å². The second kappa shape index (κ2) is 5.22. The summed E-state index contributed by atoms with van der Waals surface area (Å²) in [4.78, 5) is 0. The average Bonchev–Trinajstić information content (AvgIpc) is 2.16. The molecule has 0 amide bonds. The van der Waals surface area contributed by atoms with Crippen LogP contribution in [0.15, 0.2) is 0 Å². The second-order valence-electron chi connectivity index (χ2n) is 3.35. The van der Waals surface area contributed by atoms with E-state index in [1.54, 1.807) is 4.31 Å². The van der Waals surface area contributed by atoms with Gasteiger partial charge in [0.2, 0.25) is 10.0 Å². The van der Waals surface area contributed by atoms with Crippen LogP contribution in [-0.4, -0.2) is 37.3 Å². The molecule has 0 aromatic carbocycles. The molecular formula is C8H17NO2S2. The summed E-state index contributed by atoms with van der Waals surface area (Å²) in [6, 6.07) is 0. The molecule has 0 aliphatic carbocycles. The van der Waals surface area contributed by atoms with Crippen molar-refractivity contribution in [1.82, 2.24) is 4.31 Å². The highest BCUT2D eigenvalue weighted by Crippen LogP contribution is 2.13. The molecule has 1 aliphatic rings. The van der Waals surface area contributed by atoms with Gasteiger partial charge in [0.15, 0.2) is 0 Å². The Labute approximate surface area is 86.0 Å². The fourth-order valence-electron chi connectivity index (χ4n) is 1.52. The third-order valence-electron chi connectivity index (χ3n) is 2.27. The van der Waals surface area contributed by atoms with Gasteiger partial charge in [0.25, 0.3) is 0 Å². The predicted octanol–water partition coefficient (Wildman–Crippen LogP) is 1.12. The summed E-state index contributed by atoms with van der Waals surface area (Å²) in [5.74, 6) is 0.906. The van der Waals surface area contributed by atoms with E-state index < -0.39 is 10.0 Å². The van der Waals surface area contributed by atoms with Crippen molar-refractivity contribution in [2.45, 2.75) is 25.7 Å². The Balaban J connectivity index is 2.47. The zero-order valence-electron chi connectivity index (χ0n) is 7.78. The molecule has 1 saturated heterocycles. The summed E-state index contributed by atoms with van der Waals surface area (Å²) >= 11 is 4.01. The lowest BCUT2D eigenvalue weighted by molar-refractivity contribution is 0.346. The van der Waals surface area contributed by atoms with Gasteiger partial charge in [-0.2, -0.15) is 12.6 Å². The Kier molecular flexibility index (Phi) is 4.55. The van der Waals surface area contributed by atoms with Crippen molar-refractivity contribution < 1.29 is 8.42 Å². The molecule has 78 valence electrons. The molecule has 0 N–H and O–H groups in total. The molecule has 0 bridgehead atoms. The van der Waals surface area contributed by atoms with Crippen molar-refractivity contribution in [1.29, 1.82) is 0 Å². The molecule has 13 heavy (non-hydrogen) atoms. The Morgan fingerprint density at radius 1 is 1.15 bits per heavy atom. The number of hydrogen-bond acceptors (Lipinski definition) is 3. The first-order chi connectivity index (χ1) is 6.17. The van der Waals surface area contributed by atoms with Gasteiger partial charge in [0.05, 0.1) is 5.75 Å². The summed E-state index contributed by atoms with van der Waals surface area (Å²) in [6.45, 7) is 1.43. The molecule has 1 heterocycles. The first kappa shape index (κ1) is 11.3. The van der Waals surface area contributed by atoms with E-state index in [4.69, 9.17) is 0 Å². The number of nitrogens with zero attached hydrogens (tertiary/aromatic N) is 1. The van der Waals surface area contributed by atoms with Crippen molar-refractivity contribution in [2.75, 3.05) is 24.6 Å². The maximum Gasteiger partial charge on any atom is 0.214 e. The SMILES string of the molecule is O=S(=O)(CCCS)N1CCCCC1. The quantitative estimate of drug-likeness (QED) is 0.725. The van der Waals surface area contributed by atoms with Crippen molar-refractivity contribution in [3.63, 3.8) is 0 Å². The number of hydrogen-bond donors (Lipinski definition) is 1. The smallest absolute Gasteiger partial charge is 0.212 e. The van der Waals surface area contributed by atoms with Gasteiger partial charge in [-0.25, -0.2) is 12.7 Å². The van der Waals surface area contributed by atoms with Crippen molar-refractivity contribution in [3.8, 4) is 0 Å². The van der Waals surface area contributed by atoms with Gasteiger partial charge >= 0.3 is 0 Å². The molecule has 1 rings (SSSR count). The molecule has 1 fully saturated rings. The van der Waals surface area contributed by atoms with Gasteiger partial charge in [-0.1, -0.05) is 6.42 Å². The molecule has 0 spiro atoms. The molecule has 0 aromatic rings. The number of thiol groups is 1. The first-order valence-electron chi connectivity index (χ1n) is 4.75. The molecule has 5 heteroatoms. The van der Waals surface area contributed by atoms with E-state index in [1.807, 2.05) is 0 Å². The van der Waals surface area contributed by atoms with Crippen LogP contribution in [0.4, 0.5) is 0 Å². The fraction of sp³-hybridized carbons (Fsp3) is 1.00. The maximum absolute atomic E-state index is 11.6. The van der Waals surface area contributed by atoms with E-state index in [2.05, 4.69) is 12.6 Å². The number of sulfonamides is 1. The summed E-state index contributed by atoms with van der Waals surface area (Å²) < 4.78 is 24.9. The summed E-state index contributed by atoms with van der Waals surface area (Å²) in [5, 5.41) is 0. The summed E-state index contributed by atoms with van der Waals surface area (Å²) in [5.41, 5.74) is 0. The maximum atomic E-state index is 11.6. The van der Waals surface area contributed by atoms with Crippen LogP contribution in [0.1, 0.15) is 25.7 Å². The van der Waals surface area contributed by atoms with Gasteiger partial charge in [-0.15, -0.1) is 0 Å². The van der Waals surface area contributed by atoms with Crippen LogP contribution in [0.5, 0.6) is 0 Å². The van der Waals surface area contributed by atoms with E-state index in [1.165, 1.54) is 6.42 Å². The Hall–Kier alpha value is 0.260. The van der Waals surface area contributed by atoms with E-state index in [9.17, 15) is 8.42 Å². The van der Waals surface area contributed by atoms with Crippen LogP contribution in [0.2, 0.25) is 0 Å². The molecule has 3 nitrogen and oxygen atoms in total. The van der Waals surface area contributed by atoms with E-state index in [-0.39, 0.29) is 5.75 Å². The Morgan fingerprint density at radius 3 is 2.31 bits per heavy atom. The van der Waals surface area contributed by atoms with Gasteiger partial charge in [0, 0.05) is 13.1 Å².